The van der Waals surface area contributed by atoms with Crippen LogP contribution in [-0.2, 0) is 0 Å². The maximum absolute atomic E-state index is 5.00. The van der Waals surface area contributed by atoms with Crippen LogP contribution in [0.5, 0.6) is 0 Å². The number of rotatable bonds is 2. The summed E-state index contributed by atoms with van der Waals surface area (Å²) in [5, 5.41) is 11.4. The minimum atomic E-state index is 0.655. The lowest BCUT2D eigenvalue weighted by molar-refractivity contribution is 0.439. The number of aromatic amines is 1. The molecular formula is C9H13N3S2. The van der Waals surface area contributed by atoms with E-state index in [4.69, 9.17) is 12.2 Å². The molecule has 2 aliphatic carbocycles. The molecule has 2 bridgehead atoms. The fourth-order valence-electron chi connectivity index (χ4n) is 2.87. The molecule has 2 aliphatic rings. The van der Waals surface area contributed by atoms with E-state index in [1.807, 2.05) is 0 Å². The smallest absolute Gasteiger partial charge is 0.204 e. The number of anilines is 1. The largest absolute Gasteiger partial charge is 0.357 e. The van der Waals surface area contributed by atoms with Crippen LogP contribution in [0.1, 0.15) is 25.7 Å². The summed E-state index contributed by atoms with van der Waals surface area (Å²) in [6, 6.07) is 0.655. The van der Waals surface area contributed by atoms with E-state index in [0.717, 1.165) is 20.9 Å². The number of H-pyrrole nitrogens is 1. The molecule has 1 aromatic rings. The summed E-state index contributed by atoms with van der Waals surface area (Å²) >= 11 is 6.54. The van der Waals surface area contributed by atoms with Gasteiger partial charge in [-0.05, 0) is 43.3 Å². The molecule has 5 heteroatoms. The molecule has 14 heavy (non-hydrogen) atoms. The van der Waals surface area contributed by atoms with Crippen molar-refractivity contribution < 1.29 is 0 Å². The van der Waals surface area contributed by atoms with E-state index in [0.29, 0.717) is 6.04 Å². The van der Waals surface area contributed by atoms with Crippen LogP contribution in [0.3, 0.4) is 0 Å². The molecule has 0 aliphatic heterocycles. The number of hydrogen-bond donors (Lipinski definition) is 2. The molecular weight excluding hydrogens is 214 g/mol. The van der Waals surface area contributed by atoms with Gasteiger partial charge in [-0.1, -0.05) is 17.8 Å². The van der Waals surface area contributed by atoms with Crippen molar-refractivity contribution in [2.75, 3.05) is 5.32 Å². The average molecular weight is 227 g/mol. The monoisotopic (exact) mass is 227 g/mol. The summed E-state index contributed by atoms with van der Waals surface area (Å²) in [4.78, 5) is 0. The molecule has 2 fully saturated rings. The fourth-order valence-corrected chi connectivity index (χ4v) is 3.72. The highest BCUT2D eigenvalue weighted by molar-refractivity contribution is 7.73. The summed E-state index contributed by atoms with van der Waals surface area (Å²) in [5.74, 6) is 1.86. The van der Waals surface area contributed by atoms with Crippen molar-refractivity contribution in [3.05, 3.63) is 3.95 Å². The van der Waals surface area contributed by atoms with Crippen LogP contribution in [-0.4, -0.2) is 16.2 Å². The molecule has 0 aromatic carbocycles. The number of nitrogens with zero attached hydrogens (tertiary/aromatic N) is 1. The van der Waals surface area contributed by atoms with Gasteiger partial charge in [0.05, 0.1) is 0 Å². The lowest BCUT2D eigenvalue weighted by Crippen LogP contribution is -2.25. The van der Waals surface area contributed by atoms with Gasteiger partial charge in [0, 0.05) is 6.04 Å². The first-order valence-corrected chi connectivity index (χ1v) is 6.36. The van der Waals surface area contributed by atoms with E-state index in [2.05, 4.69) is 15.5 Å². The van der Waals surface area contributed by atoms with Gasteiger partial charge in [0.25, 0.3) is 0 Å². The molecule has 3 rings (SSSR count). The van der Waals surface area contributed by atoms with E-state index >= 15 is 0 Å². The van der Waals surface area contributed by atoms with Crippen molar-refractivity contribution in [2.45, 2.75) is 31.7 Å². The zero-order valence-electron chi connectivity index (χ0n) is 7.82. The number of nitrogens with one attached hydrogen (secondary N) is 2. The Hall–Kier alpha value is -0.420. The van der Waals surface area contributed by atoms with Crippen LogP contribution in [0.2, 0.25) is 0 Å². The van der Waals surface area contributed by atoms with Crippen molar-refractivity contribution in [3.63, 3.8) is 0 Å². The molecule has 0 amide bonds. The third-order valence-corrected chi connectivity index (χ3v) is 4.51. The van der Waals surface area contributed by atoms with E-state index in [-0.39, 0.29) is 0 Å². The van der Waals surface area contributed by atoms with Gasteiger partial charge in [-0.25, -0.2) is 0 Å². The maximum Gasteiger partial charge on any atom is 0.204 e. The van der Waals surface area contributed by atoms with Gasteiger partial charge in [0.2, 0.25) is 5.13 Å². The first-order chi connectivity index (χ1) is 6.81. The van der Waals surface area contributed by atoms with Crippen LogP contribution in [0.4, 0.5) is 5.13 Å². The van der Waals surface area contributed by atoms with Gasteiger partial charge < -0.3 is 5.32 Å². The predicted octanol–water partition coefficient (Wildman–Crippen LogP) is 2.80. The molecule has 2 N–H and O–H groups in total. The molecule has 0 spiro atoms. The Morgan fingerprint density at radius 2 is 2.36 bits per heavy atom. The van der Waals surface area contributed by atoms with Crippen molar-refractivity contribution in [2.24, 2.45) is 11.8 Å². The number of fused-ring (bicyclic) bond motifs is 2. The molecule has 1 heterocycles. The van der Waals surface area contributed by atoms with Crippen molar-refractivity contribution in [1.82, 2.24) is 10.2 Å². The number of aromatic nitrogens is 2. The van der Waals surface area contributed by atoms with Gasteiger partial charge in [0.15, 0.2) is 3.95 Å². The van der Waals surface area contributed by atoms with E-state index < -0.39 is 0 Å². The van der Waals surface area contributed by atoms with Gasteiger partial charge in [-0.15, -0.1) is 5.10 Å². The summed E-state index contributed by atoms with van der Waals surface area (Å²) in [6.45, 7) is 0. The maximum atomic E-state index is 5.00. The van der Waals surface area contributed by atoms with Crippen LogP contribution in [0.15, 0.2) is 0 Å². The van der Waals surface area contributed by atoms with Crippen LogP contribution < -0.4 is 5.32 Å². The zero-order valence-corrected chi connectivity index (χ0v) is 9.46. The van der Waals surface area contributed by atoms with Gasteiger partial charge >= 0.3 is 0 Å². The average Bonchev–Trinajstić information content (AvgIpc) is 2.82. The van der Waals surface area contributed by atoms with Crippen molar-refractivity contribution in [3.8, 4) is 0 Å². The standard InChI is InChI=1S/C9H13N3S2/c13-9-12-11-8(14-9)10-7-4-5-1-2-6(7)3-5/h5-7H,1-4H2,(H,10,11)(H,12,13). The second-order valence-corrected chi connectivity index (χ2v) is 6.01. The second kappa shape index (κ2) is 3.31. The predicted molar refractivity (Wildman–Crippen MR) is 60.2 cm³/mol. The summed E-state index contributed by atoms with van der Waals surface area (Å²) in [6.07, 6.45) is 5.60. The highest BCUT2D eigenvalue weighted by Gasteiger charge is 2.39. The molecule has 0 saturated heterocycles. The topological polar surface area (TPSA) is 40.7 Å². The summed E-state index contributed by atoms with van der Waals surface area (Å²) < 4.78 is 0.760. The van der Waals surface area contributed by atoms with Gasteiger partial charge in [-0.3, -0.25) is 5.10 Å². The Kier molecular flexibility index (Phi) is 2.09. The number of hydrogen-bond acceptors (Lipinski definition) is 4. The molecule has 3 nitrogen and oxygen atoms in total. The Morgan fingerprint density at radius 1 is 1.43 bits per heavy atom. The summed E-state index contributed by atoms with van der Waals surface area (Å²) in [7, 11) is 0. The third kappa shape index (κ3) is 1.48. The third-order valence-electron chi connectivity index (χ3n) is 3.49. The minimum Gasteiger partial charge on any atom is -0.357 e. The van der Waals surface area contributed by atoms with Gasteiger partial charge in [-0.2, -0.15) is 0 Å². The molecule has 3 unspecified atom stereocenters. The van der Waals surface area contributed by atoms with E-state index in [1.165, 1.54) is 37.0 Å². The van der Waals surface area contributed by atoms with Crippen LogP contribution >= 0.6 is 23.6 Å². The lowest BCUT2D eigenvalue weighted by Gasteiger charge is -2.21. The first kappa shape index (κ1) is 8.85. The Labute approximate surface area is 91.9 Å². The Bertz CT molecular complexity index is 383. The Balaban J connectivity index is 1.71. The lowest BCUT2D eigenvalue weighted by atomic mass is 9.96. The first-order valence-electron chi connectivity index (χ1n) is 5.13. The highest BCUT2D eigenvalue weighted by Crippen LogP contribution is 2.45. The van der Waals surface area contributed by atoms with Crippen LogP contribution in [0, 0.1) is 15.8 Å². The van der Waals surface area contributed by atoms with Gasteiger partial charge in [0.1, 0.15) is 0 Å². The quantitative estimate of drug-likeness (QED) is 0.763. The molecule has 2 saturated carbocycles. The summed E-state index contributed by atoms with van der Waals surface area (Å²) in [5.41, 5.74) is 0. The SMILES string of the molecule is S=c1[nH]nc(NC2CC3CCC2C3)s1. The normalized spacial score (nSPS) is 35.0. The Morgan fingerprint density at radius 3 is 2.93 bits per heavy atom. The zero-order chi connectivity index (χ0) is 9.54. The van der Waals surface area contributed by atoms with E-state index in [1.54, 1.807) is 0 Å². The molecule has 0 radical (unpaired) electrons. The molecule has 3 atom stereocenters. The van der Waals surface area contributed by atoms with Crippen LogP contribution in [0.25, 0.3) is 0 Å². The fraction of sp³-hybridized carbons (Fsp3) is 0.778. The highest BCUT2D eigenvalue weighted by atomic mass is 32.1. The van der Waals surface area contributed by atoms with Crippen molar-refractivity contribution in [1.29, 1.82) is 0 Å². The van der Waals surface area contributed by atoms with Crippen molar-refractivity contribution >= 4 is 28.7 Å². The minimum absolute atomic E-state index is 0.655. The molecule has 76 valence electrons. The molecule has 1 aromatic heterocycles. The van der Waals surface area contributed by atoms with E-state index in [9.17, 15) is 0 Å². The second-order valence-electron chi connectivity index (χ2n) is 4.34.